The number of thioether (sulfide) groups is 1. The Hall–Kier alpha value is -2.60. The number of hydrogen-bond acceptors (Lipinski definition) is 4. The van der Waals surface area contributed by atoms with E-state index in [1.54, 1.807) is 10.6 Å². The minimum Gasteiger partial charge on any atom is -0.353 e. The molecule has 0 aliphatic rings. The Labute approximate surface area is 175 Å². The molecular formula is C23H27N3O2S. The van der Waals surface area contributed by atoms with Crippen LogP contribution in [0.15, 0.2) is 58.5 Å². The van der Waals surface area contributed by atoms with Crippen LogP contribution in [-0.4, -0.2) is 27.3 Å². The monoisotopic (exact) mass is 409 g/mol. The van der Waals surface area contributed by atoms with E-state index in [2.05, 4.69) is 31.1 Å². The van der Waals surface area contributed by atoms with Gasteiger partial charge in [-0.1, -0.05) is 56.8 Å². The average Bonchev–Trinajstić information content (AvgIpc) is 2.72. The van der Waals surface area contributed by atoms with Gasteiger partial charge in [-0.15, -0.1) is 0 Å². The van der Waals surface area contributed by atoms with Gasteiger partial charge in [0.1, 0.15) is 0 Å². The lowest BCUT2D eigenvalue weighted by atomic mass is 10.1. The van der Waals surface area contributed by atoms with Crippen molar-refractivity contribution in [2.24, 2.45) is 5.92 Å². The largest absolute Gasteiger partial charge is 0.353 e. The van der Waals surface area contributed by atoms with Gasteiger partial charge in [0.05, 0.1) is 22.3 Å². The van der Waals surface area contributed by atoms with Crippen LogP contribution in [0.3, 0.4) is 0 Å². The lowest BCUT2D eigenvalue weighted by molar-refractivity contribution is -0.119. The van der Waals surface area contributed by atoms with Gasteiger partial charge >= 0.3 is 0 Å². The number of rotatable bonds is 7. The number of amides is 1. The molecule has 0 aliphatic carbocycles. The highest BCUT2D eigenvalue weighted by molar-refractivity contribution is 7.99. The molecule has 0 spiro atoms. The number of aryl methyl sites for hydroxylation is 1. The van der Waals surface area contributed by atoms with Crippen molar-refractivity contribution in [3.8, 4) is 5.69 Å². The summed E-state index contributed by atoms with van der Waals surface area (Å²) in [7, 11) is 0. The first-order valence-electron chi connectivity index (χ1n) is 9.94. The number of aromatic nitrogens is 2. The fraction of sp³-hybridized carbons (Fsp3) is 0.348. The molecule has 0 saturated heterocycles. The number of carbonyl (C=O) groups is 1. The molecule has 1 amide bonds. The van der Waals surface area contributed by atoms with Crippen LogP contribution in [0.2, 0.25) is 0 Å². The molecule has 1 heterocycles. The highest BCUT2D eigenvalue weighted by Crippen LogP contribution is 2.21. The van der Waals surface area contributed by atoms with Crippen molar-refractivity contribution in [2.45, 2.75) is 45.3 Å². The third-order valence-electron chi connectivity index (χ3n) is 5.07. The normalized spacial score (nSPS) is 12.3. The van der Waals surface area contributed by atoms with Crippen molar-refractivity contribution in [2.75, 3.05) is 5.75 Å². The highest BCUT2D eigenvalue weighted by atomic mass is 32.2. The predicted molar refractivity (Wildman–Crippen MR) is 120 cm³/mol. The zero-order chi connectivity index (χ0) is 21.0. The van der Waals surface area contributed by atoms with Crippen LogP contribution in [0.5, 0.6) is 0 Å². The lowest BCUT2D eigenvalue weighted by Crippen LogP contribution is -2.37. The van der Waals surface area contributed by atoms with Gasteiger partial charge in [-0.2, -0.15) is 0 Å². The van der Waals surface area contributed by atoms with Crippen LogP contribution >= 0.6 is 11.8 Å². The molecule has 6 heteroatoms. The Bertz CT molecular complexity index is 1060. The van der Waals surface area contributed by atoms with Gasteiger partial charge in [0.2, 0.25) is 5.91 Å². The maximum atomic E-state index is 13.2. The second-order valence-electron chi connectivity index (χ2n) is 7.46. The van der Waals surface area contributed by atoms with Crippen LogP contribution in [0.4, 0.5) is 0 Å². The van der Waals surface area contributed by atoms with E-state index in [1.165, 1.54) is 17.3 Å². The zero-order valence-corrected chi connectivity index (χ0v) is 18.1. The van der Waals surface area contributed by atoms with E-state index in [0.717, 1.165) is 12.1 Å². The van der Waals surface area contributed by atoms with Gasteiger partial charge in [-0.25, -0.2) is 4.98 Å². The van der Waals surface area contributed by atoms with Crippen molar-refractivity contribution < 1.29 is 4.79 Å². The quantitative estimate of drug-likeness (QED) is 0.469. The first kappa shape index (κ1) is 21.1. The van der Waals surface area contributed by atoms with Crippen LogP contribution in [-0.2, 0) is 11.2 Å². The fourth-order valence-corrected chi connectivity index (χ4v) is 3.73. The maximum Gasteiger partial charge on any atom is 0.266 e. The van der Waals surface area contributed by atoms with Gasteiger partial charge < -0.3 is 5.32 Å². The summed E-state index contributed by atoms with van der Waals surface area (Å²) in [5.41, 5.74) is 2.46. The highest BCUT2D eigenvalue weighted by Gasteiger charge is 2.16. The molecule has 1 unspecified atom stereocenters. The SMILES string of the molecule is CCc1ccc(-n2c(SCC(=O)NC(C)C(C)C)nc3ccccc3c2=O)cc1. The van der Waals surface area contributed by atoms with Crippen molar-refractivity contribution in [1.82, 2.24) is 14.9 Å². The topological polar surface area (TPSA) is 64.0 Å². The Morgan fingerprint density at radius 2 is 1.79 bits per heavy atom. The molecule has 0 fully saturated rings. The Kier molecular flexibility index (Phi) is 6.75. The second kappa shape index (κ2) is 9.27. The molecule has 3 rings (SSSR count). The molecule has 1 aromatic heterocycles. The third kappa shape index (κ3) is 4.88. The van der Waals surface area contributed by atoms with Gasteiger partial charge in [0.15, 0.2) is 5.16 Å². The van der Waals surface area contributed by atoms with E-state index in [9.17, 15) is 9.59 Å². The Morgan fingerprint density at radius 3 is 2.45 bits per heavy atom. The molecule has 2 aromatic carbocycles. The minimum absolute atomic E-state index is 0.0634. The lowest BCUT2D eigenvalue weighted by Gasteiger charge is -2.18. The fourth-order valence-electron chi connectivity index (χ4n) is 2.91. The predicted octanol–water partition coefficient (Wildman–Crippen LogP) is 4.20. The summed E-state index contributed by atoms with van der Waals surface area (Å²) in [6, 6.07) is 15.3. The minimum atomic E-state index is -0.127. The van der Waals surface area contributed by atoms with Crippen LogP contribution < -0.4 is 10.9 Å². The van der Waals surface area contributed by atoms with E-state index in [1.807, 2.05) is 49.4 Å². The van der Waals surface area contributed by atoms with Crippen molar-refractivity contribution in [1.29, 1.82) is 0 Å². The van der Waals surface area contributed by atoms with E-state index in [4.69, 9.17) is 0 Å². The van der Waals surface area contributed by atoms with Crippen LogP contribution in [0.25, 0.3) is 16.6 Å². The number of fused-ring (bicyclic) bond motifs is 1. The van der Waals surface area contributed by atoms with Crippen molar-refractivity contribution in [3.05, 3.63) is 64.4 Å². The van der Waals surface area contributed by atoms with Crippen molar-refractivity contribution in [3.63, 3.8) is 0 Å². The molecule has 0 bridgehead atoms. The molecule has 0 aliphatic heterocycles. The molecule has 5 nitrogen and oxygen atoms in total. The van der Waals surface area contributed by atoms with E-state index < -0.39 is 0 Å². The molecule has 29 heavy (non-hydrogen) atoms. The average molecular weight is 410 g/mol. The molecular weight excluding hydrogens is 382 g/mol. The van der Waals surface area contributed by atoms with Gasteiger partial charge in [0.25, 0.3) is 5.56 Å². The van der Waals surface area contributed by atoms with Gasteiger partial charge in [-0.3, -0.25) is 14.2 Å². The van der Waals surface area contributed by atoms with E-state index in [0.29, 0.717) is 22.0 Å². The number of carbonyl (C=O) groups excluding carboxylic acids is 1. The van der Waals surface area contributed by atoms with Gasteiger partial charge in [-0.05, 0) is 49.1 Å². The standard InChI is InChI=1S/C23H27N3O2S/c1-5-17-10-12-18(13-11-17)26-22(28)19-8-6-7-9-20(19)25-23(26)29-14-21(27)24-16(4)15(2)3/h6-13,15-16H,5,14H2,1-4H3,(H,24,27). The molecule has 152 valence electrons. The number of hydrogen-bond donors (Lipinski definition) is 1. The summed E-state index contributed by atoms with van der Waals surface area (Å²) in [6.07, 6.45) is 0.932. The van der Waals surface area contributed by atoms with Gasteiger partial charge in [0, 0.05) is 6.04 Å². The van der Waals surface area contributed by atoms with Crippen LogP contribution in [0.1, 0.15) is 33.3 Å². The van der Waals surface area contributed by atoms with E-state index >= 15 is 0 Å². The molecule has 0 radical (unpaired) electrons. The van der Waals surface area contributed by atoms with Crippen molar-refractivity contribution >= 4 is 28.6 Å². The maximum absolute atomic E-state index is 13.2. The molecule has 1 N–H and O–H groups in total. The summed E-state index contributed by atoms with van der Waals surface area (Å²) in [6.45, 7) is 8.23. The summed E-state index contributed by atoms with van der Waals surface area (Å²) in [5, 5.41) is 4.08. The molecule has 3 aromatic rings. The van der Waals surface area contributed by atoms with Crippen LogP contribution in [0, 0.1) is 5.92 Å². The summed E-state index contributed by atoms with van der Waals surface area (Å²) < 4.78 is 1.60. The second-order valence-corrected chi connectivity index (χ2v) is 8.40. The van der Waals surface area contributed by atoms with E-state index in [-0.39, 0.29) is 23.3 Å². The number of nitrogens with zero attached hydrogens (tertiary/aromatic N) is 2. The number of para-hydroxylation sites is 1. The first-order chi connectivity index (χ1) is 13.9. The number of nitrogens with one attached hydrogen (secondary N) is 1. The summed E-state index contributed by atoms with van der Waals surface area (Å²) >= 11 is 1.28. The summed E-state index contributed by atoms with van der Waals surface area (Å²) in [5.74, 6) is 0.499. The molecule has 1 atom stereocenters. The smallest absolute Gasteiger partial charge is 0.266 e. The Balaban J connectivity index is 1.98. The third-order valence-corrected chi connectivity index (χ3v) is 6.01. The molecule has 0 saturated carbocycles. The summed E-state index contributed by atoms with van der Waals surface area (Å²) in [4.78, 5) is 30.3. The number of benzene rings is 2. The Morgan fingerprint density at radius 1 is 1.10 bits per heavy atom. The zero-order valence-electron chi connectivity index (χ0n) is 17.3. The first-order valence-corrected chi connectivity index (χ1v) is 10.9.